The van der Waals surface area contributed by atoms with Crippen molar-refractivity contribution >= 4 is 5.97 Å². The van der Waals surface area contributed by atoms with Crippen LogP contribution in [-0.2, 0) is 4.79 Å². The predicted octanol–water partition coefficient (Wildman–Crippen LogP) is 0.0324. The van der Waals surface area contributed by atoms with Crippen molar-refractivity contribution in [2.45, 2.75) is 32.4 Å². The first-order valence-electron chi connectivity index (χ1n) is 4.13. The van der Waals surface area contributed by atoms with Crippen LogP contribution in [-0.4, -0.2) is 30.2 Å². The summed E-state index contributed by atoms with van der Waals surface area (Å²) in [6.07, 6.45) is 0.0175. The fourth-order valence-electron chi connectivity index (χ4n) is 1.37. The minimum atomic E-state index is -0.844. The Bertz CT molecular complexity index is 148. The lowest BCUT2D eigenvalue weighted by molar-refractivity contribution is -0.137. The van der Waals surface area contributed by atoms with Crippen molar-refractivity contribution in [1.29, 1.82) is 0 Å². The van der Waals surface area contributed by atoms with Crippen LogP contribution in [0.2, 0.25) is 0 Å². The number of nitrogens with two attached hydrogens (primary N) is 1. The normalized spacial score (nSPS) is 16.1. The Kier molecular flexibility index (Phi) is 4.85. The smallest absolute Gasteiger partial charge is 0.304 e. The van der Waals surface area contributed by atoms with Crippen LogP contribution < -0.4 is 11.1 Å². The van der Waals surface area contributed by atoms with Crippen LogP contribution in [0.25, 0.3) is 0 Å². The summed E-state index contributed by atoms with van der Waals surface area (Å²) in [6, 6.07) is -0.242. The predicted molar refractivity (Wildman–Crippen MR) is 47.9 cm³/mol. The summed E-state index contributed by atoms with van der Waals surface area (Å²) in [4.78, 5) is 10.3. The molecule has 0 aromatic rings. The first kappa shape index (κ1) is 11.4. The molecule has 0 saturated heterocycles. The standard InChI is InChI=1S/C8H18N2O2/c1-5(2)8(10-3)6(9)4-7(11)12/h5-6,8,10H,4,9H2,1-3H3,(H,11,12). The summed E-state index contributed by atoms with van der Waals surface area (Å²) in [5, 5.41) is 11.5. The molecule has 2 atom stereocenters. The summed E-state index contributed by atoms with van der Waals surface area (Å²) in [5.41, 5.74) is 5.69. The van der Waals surface area contributed by atoms with E-state index in [0.717, 1.165) is 0 Å². The molecule has 0 heterocycles. The molecule has 2 unspecified atom stereocenters. The van der Waals surface area contributed by atoms with E-state index in [9.17, 15) is 4.79 Å². The van der Waals surface area contributed by atoms with E-state index in [0.29, 0.717) is 5.92 Å². The van der Waals surface area contributed by atoms with Gasteiger partial charge in [0.05, 0.1) is 6.42 Å². The van der Waals surface area contributed by atoms with Gasteiger partial charge >= 0.3 is 5.97 Å². The van der Waals surface area contributed by atoms with Crippen molar-refractivity contribution in [1.82, 2.24) is 5.32 Å². The van der Waals surface area contributed by atoms with Crippen molar-refractivity contribution < 1.29 is 9.90 Å². The average Bonchev–Trinajstić information content (AvgIpc) is 1.85. The van der Waals surface area contributed by atoms with Gasteiger partial charge in [0.1, 0.15) is 0 Å². The van der Waals surface area contributed by atoms with Gasteiger partial charge in [-0.05, 0) is 13.0 Å². The van der Waals surface area contributed by atoms with Gasteiger partial charge in [-0.2, -0.15) is 0 Å². The van der Waals surface area contributed by atoms with Gasteiger partial charge in [0, 0.05) is 12.1 Å². The Hall–Kier alpha value is -0.610. The fourth-order valence-corrected chi connectivity index (χ4v) is 1.37. The second-order valence-electron chi connectivity index (χ2n) is 3.32. The zero-order valence-corrected chi connectivity index (χ0v) is 7.87. The molecule has 0 bridgehead atoms. The molecule has 0 amide bonds. The molecule has 0 aliphatic carbocycles. The Morgan fingerprint density at radius 3 is 2.33 bits per heavy atom. The Balaban J connectivity index is 4.02. The van der Waals surface area contributed by atoms with Crippen LogP contribution in [0.3, 0.4) is 0 Å². The molecule has 0 saturated carbocycles. The third-order valence-corrected chi connectivity index (χ3v) is 1.92. The van der Waals surface area contributed by atoms with E-state index >= 15 is 0 Å². The molecule has 12 heavy (non-hydrogen) atoms. The van der Waals surface area contributed by atoms with E-state index in [2.05, 4.69) is 5.32 Å². The quantitative estimate of drug-likeness (QED) is 0.550. The van der Waals surface area contributed by atoms with E-state index in [-0.39, 0.29) is 18.5 Å². The number of carboxylic acids is 1. The molecule has 0 aliphatic heterocycles. The number of rotatable bonds is 5. The Morgan fingerprint density at radius 2 is 2.08 bits per heavy atom. The van der Waals surface area contributed by atoms with Crippen LogP contribution >= 0.6 is 0 Å². The van der Waals surface area contributed by atoms with Crippen molar-refractivity contribution in [2.75, 3.05) is 7.05 Å². The van der Waals surface area contributed by atoms with Gasteiger partial charge in [-0.1, -0.05) is 13.8 Å². The number of carboxylic acid groups (broad SMARTS) is 1. The highest BCUT2D eigenvalue weighted by Crippen LogP contribution is 2.06. The van der Waals surface area contributed by atoms with Crippen molar-refractivity contribution in [3.8, 4) is 0 Å². The molecule has 0 radical (unpaired) electrons. The van der Waals surface area contributed by atoms with E-state index in [4.69, 9.17) is 10.8 Å². The van der Waals surface area contributed by atoms with Crippen molar-refractivity contribution in [2.24, 2.45) is 11.7 Å². The lowest BCUT2D eigenvalue weighted by atomic mass is 9.95. The second kappa shape index (κ2) is 5.11. The maximum absolute atomic E-state index is 10.3. The molecular weight excluding hydrogens is 156 g/mol. The summed E-state index contributed by atoms with van der Waals surface area (Å²) in [5.74, 6) is -0.493. The lowest BCUT2D eigenvalue weighted by Crippen LogP contribution is -2.47. The van der Waals surface area contributed by atoms with Gasteiger partial charge in [0.15, 0.2) is 0 Å². The third-order valence-electron chi connectivity index (χ3n) is 1.92. The average molecular weight is 174 g/mol. The Labute approximate surface area is 73.1 Å². The monoisotopic (exact) mass is 174 g/mol. The molecular formula is C8H18N2O2. The molecule has 0 rings (SSSR count). The largest absolute Gasteiger partial charge is 0.481 e. The number of carbonyl (C=O) groups is 1. The second-order valence-corrected chi connectivity index (χ2v) is 3.32. The fraction of sp³-hybridized carbons (Fsp3) is 0.875. The number of likely N-dealkylation sites (N-methyl/N-ethyl adjacent to an activating group) is 1. The van der Waals surface area contributed by atoms with Crippen LogP contribution in [0.15, 0.2) is 0 Å². The van der Waals surface area contributed by atoms with E-state index < -0.39 is 5.97 Å². The van der Waals surface area contributed by atoms with Gasteiger partial charge in [0.25, 0.3) is 0 Å². The zero-order valence-electron chi connectivity index (χ0n) is 7.87. The summed E-state index contributed by atoms with van der Waals surface area (Å²) in [6.45, 7) is 4.03. The summed E-state index contributed by atoms with van der Waals surface area (Å²) >= 11 is 0. The SMILES string of the molecule is CNC(C(C)C)C(N)CC(=O)O. The molecule has 0 aromatic carbocycles. The first-order chi connectivity index (χ1) is 5.49. The molecule has 0 fully saturated rings. The molecule has 0 spiro atoms. The topological polar surface area (TPSA) is 75.3 Å². The highest BCUT2D eigenvalue weighted by molar-refractivity contribution is 5.67. The van der Waals surface area contributed by atoms with Gasteiger partial charge < -0.3 is 16.2 Å². The van der Waals surface area contributed by atoms with Gasteiger partial charge in [-0.15, -0.1) is 0 Å². The maximum Gasteiger partial charge on any atom is 0.304 e. The van der Waals surface area contributed by atoms with E-state index in [1.807, 2.05) is 13.8 Å². The molecule has 0 aliphatic rings. The first-order valence-corrected chi connectivity index (χ1v) is 4.13. The number of aliphatic carboxylic acids is 1. The van der Waals surface area contributed by atoms with E-state index in [1.165, 1.54) is 0 Å². The zero-order chi connectivity index (χ0) is 9.72. The van der Waals surface area contributed by atoms with Crippen LogP contribution in [0, 0.1) is 5.92 Å². The van der Waals surface area contributed by atoms with Gasteiger partial charge in [0.2, 0.25) is 0 Å². The van der Waals surface area contributed by atoms with Crippen LogP contribution in [0.5, 0.6) is 0 Å². The number of nitrogens with one attached hydrogen (secondary N) is 1. The van der Waals surface area contributed by atoms with Gasteiger partial charge in [-0.25, -0.2) is 0 Å². The summed E-state index contributed by atoms with van der Waals surface area (Å²) < 4.78 is 0. The highest BCUT2D eigenvalue weighted by Gasteiger charge is 2.21. The molecule has 4 heteroatoms. The van der Waals surface area contributed by atoms with Gasteiger partial charge in [-0.3, -0.25) is 4.79 Å². The molecule has 4 nitrogen and oxygen atoms in total. The van der Waals surface area contributed by atoms with Crippen molar-refractivity contribution in [3.63, 3.8) is 0 Å². The number of hydrogen-bond acceptors (Lipinski definition) is 3. The highest BCUT2D eigenvalue weighted by atomic mass is 16.4. The van der Waals surface area contributed by atoms with E-state index in [1.54, 1.807) is 7.05 Å². The molecule has 72 valence electrons. The maximum atomic E-state index is 10.3. The third kappa shape index (κ3) is 3.69. The summed E-state index contributed by atoms with van der Waals surface area (Å²) in [7, 11) is 1.80. The number of hydrogen-bond donors (Lipinski definition) is 3. The lowest BCUT2D eigenvalue weighted by Gasteiger charge is -2.25. The minimum Gasteiger partial charge on any atom is -0.481 e. The Morgan fingerprint density at radius 1 is 1.58 bits per heavy atom. The van der Waals surface area contributed by atoms with Crippen LogP contribution in [0.1, 0.15) is 20.3 Å². The molecule has 0 aromatic heterocycles. The minimum absolute atomic E-state index is 0.0175. The molecule has 4 N–H and O–H groups in total. The van der Waals surface area contributed by atoms with Crippen LogP contribution in [0.4, 0.5) is 0 Å². The van der Waals surface area contributed by atoms with Crippen molar-refractivity contribution in [3.05, 3.63) is 0 Å².